The minimum absolute atomic E-state index is 0.874. The number of hydrogen-bond donors (Lipinski definition) is 0. The molecule has 12 aromatic carbocycles. The van der Waals surface area contributed by atoms with Crippen LogP contribution in [-0.2, 0) is 0 Å². The maximum absolute atomic E-state index is 6.99. The van der Waals surface area contributed by atoms with E-state index in [1.165, 1.54) is 87.2 Å². The van der Waals surface area contributed by atoms with Crippen LogP contribution in [0.4, 0.5) is 0 Å². The number of benzene rings is 12. The second-order valence-corrected chi connectivity index (χ2v) is 17.1. The van der Waals surface area contributed by atoms with Gasteiger partial charge in [0.05, 0.1) is 0 Å². The Kier molecular flexibility index (Phi) is 7.43. The van der Waals surface area contributed by atoms with Crippen molar-refractivity contribution in [3.63, 3.8) is 0 Å². The van der Waals surface area contributed by atoms with E-state index in [9.17, 15) is 0 Å². The molecule has 0 unspecified atom stereocenters. The fourth-order valence-electron chi connectivity index (χ4n) is 10.9. The van der Waals surface area contributed by atoms with Crippen molar-refractivity contribution in [1.82, 2.24) is 0 Å². The Hall–Kier alpha value is -8.46. The lowest BCUT2D eigenvalue weighted by atomic mass is 9.85. The summed E-state index contributed by atoms with van der Waals surface area (Å²) in [5.41, 5.74) is 13.1. The Morgan fingerprint density at radius 1 is 0.219 bits per heavy atom. The van der Waals surface area contributed by atoms with Crippen molar-refractivity contribution in [3.8, 4) is 44.5 Å². The highest BCUT2D eigenvalue weighted by Gasteiger charge is 2.22. The third-order valence-electron chi connectivity index (χ3n) is 13.6. The van der Waals surface area contributed by atoms with E-state index in [-0.39, 0.29) is 0 Å². The first-order valence-corrected chi connectivity index (χ1v) is 22.0. The Morgan fingerprint density at radius 3 is 1.17 bits per heavy atom. The average molecular weight is 813 g/mol. The van der Waals surface area contributed by atoms with E-state index in [1.807, 2.05) is 0 Å². The summed E-state index contributed by atoms with van der Waals surface area (Å²) < 4.78 is 13.4. The fraction of sp³-hybridized carbons (Fsp3) is 0. The Labute approximate surface area is 367 Å². The smallest absolute Gasteiger partial charge is 0.143 e. The van der Waals surface area contributed by atoms with Crippen LogP contribution in [0.1, 0.15) is 0 Å². The molecule has 0 aliphatic heterocycles. The van der Waals surface area contributed by atoms with Crippen LogP contribution in [0.5, 0.6) is 0 Å². The van der Waals surface area contributed by atoms with E-state index in [2.05, 4.69) is 218 Å². The average Bonchev–Trinajstić information content (AvgIpc) is 3.91. The predicted molar refractivity (Wildman–Crippen MR) is 270 cm³/mol. The van der Waals surface area contributed by atoms with Gasteiger partial charge in [-0.3, -0.25) is 0 Å². The molecule has 0 amide bonds. The van der Waals surface area contributed by atoms with E-state index < -0.39 is 0 Å². The molecular weight excluding hydrogens is 777 g/mol. The van der Waals surface area contributed by atoms with Crippen LogP contribution in [0, 0.1) is 0 Å². The molecule has 14 aromatic rings. The molecule has 14 rings (SSSR count). The number of para-hydroxylation sites is 1. The third kappa shape index (κ3) is 5.08. The standard InChI is InChI=1S/C62H36O2/c1-2-15-37(16-3-1)58-42-19-6-8-21-44(42)59(45-22-9-7-20-43(45)58)40-30-32-56-52(34-40)50-27-14-28-51(62(50)64-56)61-48-25-12-10-23-46(48)60(47-24-11-13-26-49(47)61)41-29-31-55-53(35-41)54-33-38-17-4-5-18-39(38)36-57(54)63-55/h1-36H. The molecule has 0 atom stereocenters. The van der Waals surface area contributed by atoms with Crippen LogP contribution in [0.3, 0.4) is 0 Å². The molecular formula is C62H36O2. The van der Waals surface area contributed by atoms with Gasteiger partial charge in [-0.05, 0) is 124 Å². The normalized spacial score (nSPS) is 12.1. The van der Waals surface area contributed by atoms with Gasteiger partial charge in [-0.15, -0.1) is 0 Å². The Balaban J connectivity index is 0.985. The van der Waals surface area contributed by atoms with Crippen LogP contribution in [-0.4, -0.2) is 0 Å². The largest absolute Gasteiger partial charge is 0.456 e. The molecule has 2 heterocycles. The van der Waals surface area contributed by atoms with Gasteiger partial charge in [-0.1, -0.05) is 182 Å². The molecule has 0 spiro atoms. The van der Waals surface area contributed by atoms with Crippen molar-refractivity contribution in [3.05, 3.63) is 218 Å². The third-order valence-corrected chi connectivity index (χ3v) is 13.6. The fourth-order valence-corrected chi connectivity index (χ4v) is 10.9. The van der Waals surface area contributed by atoms with Crippen LogP contribution in [0.2, 0.25) is 0 Å². The first-order chi connectivity index (χ1) is 31.7. The van der Waals surface area contributed by atoms with Crippen LogP contribution >= 0.6 is 0 Å². The van der Waals surface area contributed by atoms with Crippen LogP contribution in [0.25, 0.3) is 142 Å². The van der Waals surface area contributed by atoms with Crippen molar-refractivity contribution in [2.75, 3.05) is 0 Å². The quantitative estimate of drug-likeness (QED) is 0.166. The van der Waals surface area contributed by atoms with E-state index in [1.54, 1.807) is 0 Å². The monoisotopic (exact) mass is 812 g/mol. The minimum Gasteiger partial charge on any atom is -0.456 e. The number of rotatable bonds is 4. The molecule has 0 aliphatic carbocycles. The lowest BCUT2D eigenvalue weighted by Gasteiger charge is -2.18. The molecule has 2 nitrogen and oxygen atoms in total. The Morgan fingerprint density at radius 2 is 0.625 bits per heavy atom. The zero-order chi connectivity index (χ0) is 41.9. The molecule has 0 saturated heterocycles. The molecule has 296 valence electrons. The summed E-state index contributed by atoms with van der Waals surface area (Å²) in [6.45, 7) is 0. The molecule has 0 aliphatic rings. The van der Waals surface area contributed by atoms with E-state index >= 15 is 0 Å². The van der Waals surface area contributed by atoms with Gasteiger partial charge in [0.2, 0.25) is 0 Å². The SMILES string of the molecule is c1ccc(-c2c3ccccc3c(-c3ccc4oc5c(-c6c7ccccc7c(-c7ccc8oc9cc%10ccccc%10cc9c8c7)c7ccccc67)cccc5c4c3)c3ccccc23)cc1. The summed E-state index contributed by atoms with van der Waals surface area (Å²) in [5, 5.41) is 16.6. The zero-order valence-electron chi connectivity index (χ0n) is 34.6. The Bertz CT molecular complexity index is 4130. The number of hydrogen-bond acceptors (Lipinski definition) is 2. The summed E-state index contributed by atoms with van der Waals surface area (Å²) in [7, 11) is 0. The lowest BCUT2D eigenvalue weighted by molar-refractivity contribution is 0.669. The molecule has 0 N–H and O–H groups in total. The molecule has 0 saturated carbocycles. The van der Waals surface area contributed by atoms with E-state index in [0.29, 0.717) is 0 Å². The first kappa shape index (κ1) is 35.2. The van der Waals surface area contributed by atoms with Gasteiger partial charge in [0, 0.05) is 32.7 Å². The maximum atomic E-state index is 6.99. The summed E-state index contributed by atoms with van der Waals surface area (Å²) >= 11 is 0. The van der Waals surface area contributed by atoms with E-state index in [0.717, 1.165) is 55.0 Å². The highest BCUT2D eigenvalue weighted by molar-refractivity contribution is 6.26. The summed E-state index contributed by atoms with van der Waals surface area (Å²) in [4.78, 5) is 0. The van der Waals surface area contributed by atoms with Gasteiger partial charge in [0.1, 0.15) is 22.3 Å². The molecule has 2 heteroatoms. The zero-order valence-corrected chi connectivity index (χ0v) is 34.6. The number of fused-ring (bicyclic) bond motifs is 11. The minimum atomic E-state index is 0.874. The maximum Gasteiger partial charge on any atom is 0.143 e. The van der Waals surface area contributed by atoms with Crippen LogP contribution in [0.15, 0.2) is 227 Å². The van der Waals surface area contributed by atoms with Crippen molar-refractivity contribution in [1.29, 1.82) is 0 Å². The van der Waals surface area contributed by atoms with Gasteiger partial charge in [-0.2, -0.15) is 0 Å². The van der Waals surface area contributed by atoms with Crippen molar-refractivity contribution < 1.29 is 8.83 Å². The highest BCUT2D eigenvalue weighted by atomic mass is 16.3. The van der Waals surface area contributed by atoms with Gasteiger partial charge < -0.3 is 8.83 Å². The first-order valence-electron chi connectivity index (χ1n) is 22.0. The number of furan rings is 2. The second kappa shape index (κ2) is 13.5. The molecule has 64 heavy (non-hydrogen) atoms. The van der Waals surface area contributed by atoms with Crippen molar-refractivity contribution in [2.45, 2.75) is 0 Å². The molecule has 2 aromatic heterocycles. The van der Waals surface area contributed by atoms with E-state index in [4.69, 9.17) is 8.83 Å². The highest BCUT2D eigenvalue weighted by Crippen LogP contribution is 2.49. The summed E-state index contributed by atoms with van der Waals surface area (Å²) in [6, 6.07) is 79.2. The van der Waals surface area contributed by atoms with Crippen molar-refractivity contribution >= 4 is 97.7 Å². The summed E-state index contributed by atoms with van der Waals surface area (Å²) in [5.74, 6) is 0. The topological polar surface area (TPSA) is 26.3 Å². The molecule has 0 bridgehead atoms. The van der Waals surface area contributed by atoms with Crippen molar-refractivity contribution in [2.24, 2.45) is 0 Å². The van der Waals surface area contributed by atoms with Gasteiger partial charge in [-0.25, -0.2) is 0 Å². The van der Waals surface area contributed by atoms with Gasteiger partial charge in [0.15, 0.2) is 0 Å². The second-order valence-electron chi connectivity index (χ2n) is 17.1. The molecule has 0 radical (unpaired) electrons. The lowest BCUT2D eigenvalue weighted by Crippen LogP contribution is -1.91. The molecule has 0 fully saturated rings. The van der Waals surface area contributed by atoms with Crippen LogP contribution < -0.4 is 0 Å². The summed E-state index contributed by atoms with van der Waals surface area (Å²) in [6.07, 6.45) is 0. The van der Waals surface area contributed by atoms with Gasteiger partial charge in [0.25, 0.3) is 0 Å². The van der Waals surface area contributed by atoms with Gasteiger partial charge >= 0.3 is 0 Å². The predicted octanol–water partition coefficient (Wildman–Crippen LogP) is 17.9.